The molecule has 0 saturated carbocycles. The van der Waals surface area contributed by atoms with E-state index in [4.69, 9.17) is 0 Å². The molecule has 1 aromatic carbocycles. The Morgan fingerprint density at radius 2 is 1.88 bits per heavy atom. The number of carbonyl (C=O) groups excluding carboxylic acids is 2. The zero-order valence-electron chi connectivity index (χ0n) is 20.3. The summed E-state index contributed by atoms with van der Waals surface area (Å²) in [4.78, 5) is 32.2. The summed E-state index contributed by atoms with van der Waals surface area (Å²) in [7, 11) is 0. The molecule has 1 N–H and O–H groups in total. The van der Waals surface area contributed by atoms with Gasteiger partial charge in [0.15, 0.2) is 0 Å². The van der Waals surface area contributed by atoms with E-state index in [9.17, 15) is 9.59 Å². The zero-order valence-corrected chi connectivity index (χ0v) is 20.3. The summed E-state index contributed by atoms with van der Waals surface area (Å²) in [6.07, 6.45) is 0.943. The van der Waals surface area contributed by atoms with Crippen LogP contribution in [0.3, 0.4) is 0 Å². The number of piperazine rings is 1. The molecular formula is C25H36N6O2. The van der Waals surface area contributed by atoms with Crippen LogP contribution in [0.4, 0.5) is 11.5 Å². The largest absolute Gasteiger partial charge is 0.369 e. The van der Waals surface area contributed by atoms with E-state index < -0.39 is 6.04 Å². The molecule has 0 bridgehead atoms. The van der Waals surface area contributed by atoms with Gasteiger partial charge in [0.25, 0.3) is 0 Å². The number of hydrogen-bond acceptors (Lipinski definition) is 5. The molecule has 1 fully saturated rings. The maximum Gasteiger partial charge on any atom is 0.243 e. The van der Waals surface area contributed by atoms with Crippen molar-refractivity contribution in [2.45, 2.75) is 53.1 Å². The second kappa shape index (κ2) is 9.95. The van der Waals surface area contributed by atoms with E-state index in [1.807, 2.05) is 24.6 Å². The van der Waals surface area contributed by atoms with Crippen LogP contribution in [-0.2, 0) is 16.1 Å². The molecule has 1 atom stereocenters. The van der Waals surface area contributed by atoms with Gasteiger partial charge in [-0.05, 0) is 44.4 Å². The zero-order chi connectivity index (χ0) is 23.5. The predicted molar refractivity (Wildman–Crippen MR) is 131 cm³/mol. The summed E-state index contributed by atoms with van der Waals surface area (Å²) in [6.45, 7) is 14.1. The minimum Gasteiger partial charge on any atom is -0.369 e. The molecule has 0 aliphatic carbocycles. The summed E-state index contributed by atoms with van der Waals surface area (Å²) in [5.41, 5.74) is 4.87. The minimum atomic E-state index is -0.506. The van der Waals surface area contributed by atoms with Gasteiger partial charge in [-0.25, -0.2) is 4.68 Å². The number of hydrogen-bond donors (Lipinski definition) is 1. The van der Waals surface area contributed by atoms with E-state index in [0.717, 1.165) is 44.2 Å². The Bertz CT molecular complexity index is 1010. The lowest BCUT2D eigenvalue weighted by molar-refractivity contribution is -0.127. The first kappa shape index (κ1) is 23.3. The van der Waals surface area contributed by atoms with Crippen molar-refractivity contribution in [2.24, 2.45) is 0 Å². The average Bonchev–Trinajstić information content (AvgIpc) is 3.18. The molecule has 2 aliphatic rings. The van der Waals surface area contributed by atoms with Gasteiger partial charge in [-0.3, -0.25) is 19.4 Å². The maximum atomic E-state index is 13.0. The Kier molecular flexibility index (Phi) is 7.02. The number of rotatable bonds is 7. The fraction of sp³-hybridized carbons (Fsp3) is 0.560. The van der Waals surface area contributed by atoms with Crippen LogP contribution < -0.4 is 15.1 Å². The van der Waals surface area contributed by atoms with E-state index in [0.29, 0.717) is 25.9 Å². The Balaban J connectivity index is 1.29. The quantitative estimate of drug-likeness (QED) is 0.698. The number of aryl methyl sites for hydroxylation is 3. The SMILES string of the molecule is CC[C@@H](C(=O)NCCN1CCN(c2cccc(C)c2C)CC1)N1C(=O)CCn2nc(C)cc21. The van der Waals surface area contributed by atoms with Gasteiger partial charge < -0.3 is 10.2 Å². The van der Waals surface area contributed by atoms with Crippen LogP contribution in [0.2, 0.25) is 0 Å². The lowest BCUT2D eigenvalue weighted by Gasteiger charge is -2.37. The molecule has 8 heteroatoms. The number of amides is 2. The van der Waals surface area contributed by atoms with E-state index in [1.165, 1.54) is 16.8 Å². The second-order valence-corrected chi connectivity index (χ2v) is 9.14. The number of carbonyl (C=O) groups is 2. The van der Waals surface area contributed by atoms with Crippen molar-refractivity contribution in [3.05, 3.63) is 41.1 Å². The number of benzene rings is 1. The number of nitrogens with zero attached hydrogens (tertiary/aromatic N) is 5. The van der Waals surface area contributed by atoms with Gasteiger partial charge in [-0.15, -0.1) is 0 Å². The van der Waals surface area contributed by atoms with E-state index >= 15 is 0 Å². The number of anilines is 2. The molecule has 0 unspecified atom stereocenters. The first-order chi connectivity index (χ1) is 15.9. The first-order valence-electron chi connectivity index (χ1n) is 12.1. The monoisotopic (exact) mass is 452 g/mol. The van der Waals surface area contributed by atoms with Gasteiger partial charge in [0, 0.05) is 57.4 Å². The highest BCUT2D eigenvalue weighted by molar-refractivity contribution is 6.01. The fourth-order valence-corrected chi connectivity index (χ4v) is 4.90. The van der Waals surface area contributed by atoms with Gasteiger partial charge >= 0.3 is 0 Å². The fourth-order valence-electron chi connectivity index (χ4n) is 4.90. The highest BCUT2D eigenvalue weighted by Crippen LogP contribution is 2.26. The molecule has 4 rings (SSSR count). The average molecular weight is 453 g/mol. The highest BCUT2D eigenvalue weighted by atomic mass is 16.2. The first-order valence-corrected chi connectivity index (χ1v) is 12.1. The van der Waals surface area contributed by atoms with Crippen LogP contribution in [0.5, 0.6) is 0 Å². The van der Waals surface area contributed by atoms with Crippen molar-refractivity contribution in [1.82, 2.24) is 20.0 Å². The van der Waals surface area contributed by atoms with Gasteiger partial charge in [-0.1, -0.05) is 19.1 Å². The highest BCUT2D eigenvalue weighted by Gasteiger charge is 2.34. The maximum absolute atomic E-state index is 13.0. The Hall–Kier alpha value is -2.87. The number of nitrogens with one attached hydrogen (secondary N) is 1. The molecule has 33 heavy (non-hydrogen) atoms. The van der Waals surface area contributed by atoms with Crippen molar-refractivity contribution in [3.63, 3.8) is 0 Å². The molecule has 2 aromatic rings. The summed E-state index contributed by atoms with van der Waals surface area (Å²) < 4.78 is 1.84. The minimum absolute atomic E-state index is 0.00744. The smallest absolute Gasteiger partial charge is 0.243 e. The lowest BCUT2D eigenvalue weighted by atomic mass is 10.1. The Labute approximate surface area is 196 Å². The molecule has 1 aromatic heterocycles. The summed E-state index contributed by atoms with van der Waals surface area (Å²) in [6, 6.07) is 7.88. The molecule has 0 radical (unpaired) electrons. The summed E-state index contributed by atoms with van der Waals surface area (Å²) >= 11 is 0. The number of fused-ring (bicyclic) bond motifs is 1. The van der Waals surface area contributed by atoms with E-state index in [2.05, 4.69) is 52.3 Å². The molecule has 2 amide bonds. The predicted octanol–water partition coefficient (Wildman–Crippen LogP) is 2.26. The van der Waals surface area contributed by atoms with Crippen LogP contribution in [0.25, 0.3) is 0 Å². The standard InChI is InChI=1S/C25H36N6O2/c1-5-21(31-23-17-19(3)27-30(23)11-9-24(31)32)25(33)26-10-12-28-13-15-29(16-14-28)22-8-6-7-18(2)20(22)4/h6-8,17,21H,5,9-16H2,1-4H3,(H,26,33)/t21-/m0/s1. The molecule has 3 heterocycles. The Morgan fingerprint density at radius 3 is 2.61 bits per heavy atom. The molecular weight excluding hydrogens is 416 g/mol. The van der Waals surface area contributed by atoms with Crippen LogP contribution in [0, 0.1) is 20.8 Å². The molecule has 8 nitrogen and oxygen atoms in total. The van der Waals surface area contributed by atoms with Crippen LogP contribution in [0.15, 0.2) is 24.3 Å². The molecule has 0 spiro atoms. The van der Waals surface area contributed by atoms with Crippen LogP contribution >= 0.6 is 0 Å². The van der Waals surface area contributed by atoms with Crippen molar-refractivity contribution in [3.8, 4) is 0 Å². The van der Waals surface area contributed by atoms with Crippen LogP contribution in [0.1, 0.15) is 36.6 Å². The van der Waals surface area contributed by atoms with Gasteiger partial charge in [0.2, 0.25) is 11.8 Å². The van der Waals surface area contributed by atoms with E-state index in [1.54, 1.807) is 4.90 Å². The van der Waals surface area contributed by atoms with Gasteiger partial charge in [0.1, 0.15) is 11.9 Å². The lowest BCUT2D eigenvalue weighted by Crippen LogP contribution is -2.53. The van der Waals surface area contributed by atoms with Crippen molar-refractivity contribution >= 4 is 23.3 Å². The second-order valence-electron chi connectivity index (χ2n) is 9.14. The van der Waals surface area contributed by atoms with Crippen LogP contribution in [-0.4, -0.2) is 71.8 Å². The molecule has 178 valence electrons. The third-order valence-electron chi connectivity index (χ3n) is 6.95. The van der Waals surface area contributed by atoms with Gasteiger partial charge in [0.05, 0.1) is 12.2 Å². The Morgan fingerprint density at radius 1 is 1.12 bits per heavy atom. The molecule has 1 saturated heterocycles. The van der Waals surface area contributed by atoms with E-state index in [-0.39, 0.29) is 11.8 Å². The third-order valence-corrected chi connectivity index (χ3v) is 6.95. The van der Waals surface area contributed by atoms with Crippen molar-refractivity contribution < 1.29 is 9.59 Å². The third kappa shape index (κ3) is 4.90. The summed E-state index contributed by atoms with van der Waals surface area (Å²) in [5.74, 6) is 0.632. The van der Waals surface area contributed by atoms with Gasteiger partial charge in [-0.2, -0.15) is 5.10 Å². The van der Waals surface area contributed by atoms with Crippen molar-refractivity contribution in [2.75, 3.05) is 49.1 Å². The van der Waals surface area contributed by atoms with Crippen molar-refractivity contribution in [1.29, 1.82) is 0 Å². The summed E-state index contributed by atoms with van der Waals surface area (Å²) in [5, 5.41) is 7.53. The normalized spacial score (nSPS) is 17.8. The topological polar surface area (TPSA) is 73.7 Å². The molecule has 2 aliphatic heterocycles. The number of aromatic nitrogens is 2.